The lowest BCUT2D eigenvalue weighted by Crippen LogP contribution is -2.18. The van der Waals surface area contributed by atoms with Crippen LogP contribution in [0.1, 0.15) is 11.8 Å². The van der Waals surface area contributed by atoms with Gasteiger partial charge in [0, 0.05) is 6.07 Å². The topological polar surface area (TPSA) is 93.8 Å². The first kappa shape index (κ1) is 12.1. The molecule has 1 aromatic heterocycles. The minimum atomic E-state index is -0.662. The smallest absolute Gasteiger partial charge is 0.427 e. The molecule has 1 amide bonds. The zero-order valence-corrected chi connectivity index (χ0v) is 9.19. The van der Waals surface area contributed by atoms with Gasteiger partial charge in [-0.15, -0.1) is 0 Å². The third kappa shape index (κ3) is 3.65. The lowest BCUT2D eigenvalue weighted by molar-refractivity contribution is -0.380. The second-order valence-electron chi connectivity index (χ2n) is 2.52. The van der Waals surface area contributed by atoms with Gasteiger partial charge in [-0.1, -0.05) is 11.3 Å². The maximum Gasteiger partial charge on any atom is 0.427 e. The summed E-state index contributed by atoms with van der Waals surface area (Å²) in [5.74, 6) is 0. The van der Waals surface area contributed by atoms with E-state index in [1.54, 1.807) is 13.0 Å². The Labute approximate surface area is 94.9 Å². The van der Waals surface area contributed by atoms with Crippen LogP contribution in [-0.2, 0) is 4.74 Å². The molecule has 0 saturated carbocycles. The predicted octanol–water partition coefficient (Wildman–Crippen LogP) is 1.74. The molecule has 0 aromatic carbocycles. The Morgan fingerprint density at radius 1 is 1.75 bits per heavy atom. The average Bonchev–Trinajstić information content (AvgIpc) is 2.67. The predicted molar refractivity (Wildman–Crippen MR) is 58.7 cm³/mol. The molecule has 0 bridgehead atoms. The number of nitrogens with one attached hydrogen (secondary N) is 1. The molecule has 0 atom stereocenters. The molecule has 1 heterocycles. The first-order valence-electron chi connectivity index (χ1n) is 4.33. The highest BCUT2D eigenvalue weighted by Gasteiger charge is 2.07. The summed E-state index contributed by atoms with van der Waals surface area (Å²) in [5.41, 5.74) is 2.12. The summed E-state index contributed by atoms with van der Waals surface area (Å²) in [5, 5.41) is 14.0. The molecule has 7 nitrogen and oxygen atoms in total. The Morgan fingerprint density at radius 3 is 3.06 bits per heavy atom. The molecule has 1 N–H and O–H groups in total. The molecule has 0 aliphatic carbocycles. The van der Waals surface area contributed by atoms with E-state index >= 15 is 0 Å². The molecule has 0 radical (unpaired) electrons. The van der Waals surface area contributed by atoms with Crippen molar-refractivity contribution in [3.05, 3.63) is 27.1 Å². The lowest BCUT2D eigenvalue weighted by atomic mass is 10.5. The van der Waals surface area contributed by atoms with Crippen molar-refractivity contribution < 1.29 is 14.5 Å². The number of hydrogen-bond donors (Lipinski definition) is 1. The van der Waals surface area contributed by atoms with E-state index < -0.39 is 11.0 Å². The Hall–Kier alpha value is -1.96. The van der Waals surface area contributed by atoms with Gasteiger partial charge in [-0.2, -0.15) is 5.10 Å². The van der Waals surface area contributed by atoms with Gasteiger partial charge in [0.1, 0.15) is 0 Å². The van der Waals surface area contributed by atoms with Crippen molar-refractivity contribution in [2.45, 2.75) is 6.92 Å². The SMILES string of the molecule is CCOC(=O)N/N=C/c1ccc([N+](=O)[O-])s1. The molecule has 8 heteroatoms. The van der Waals surface area contributed by atoms with Crippen molar-refractivity contribution in [1.29, 1.82) is 0 Å². The zero-order valence-electron chi connectivity index (χ0n) is 8.37. The number of carbonyl (C=O) groups is 1. The van der Waals surface area contributed by atoms with Crippen molar-refractivity contribution >= 4 is 28.6 Å². The van der Waals surface area contributed by atoms with E-state index in [0.29, 0.717) is 4.88 Å². The molecule has 1 rings (SSSR count). The largest absolute Gasteiger partial charge is 0.449 e. The third-order valence-corrected chi connectivity index (χ3v) is 2.39. The molecule has 0 aliphatic rings. The van der Waals surface area contributed by atoms with Crippen LogP contribution in [0.3, 0.4) is 0 Å². The highest BCUT2D eigenvalue weighted by atomic mass is 32.1. The van der Waals surface area contributed by atoms with E-state index in [1.165, 1.54) is 12.3 Å². The van der Waals surface area contributed by atoms with Gasteiger partial charge in [0.05, 0.1) is 22.6 Å². The number of amides is 1. The Bertz CT molecular complexity index is 415. The summed E-state index contributed by atoms with van der Waals surface area (Å²) >= 11 is 0.966. The Balaban J connectivity index is 2.50. The lowest BCUT2D eigenvalue weighted by Gasteiger charge is -1.97. The summed E-state index contributed by atoms with van der Waals surface area (Å²) in [6.07, 6.45) is 0.652. The minimum Gasteiger partial charge on any atom is -0.449 e. The fraction of sp³-hybridized carbons (Fsp3) is 0.250. The number of nitro groups is 1. The normalized spacial score (nSPS) is 10.3. The number of hydrazone groups is 1. The van der Waals surface area contributed by atoms with Crippen molar-refractivity contribution in [2.75, 3.05) is 6.61 Å². The fourth-order valence-electron chi connectivity index (χ4n) is 0.822. The van der Waals surface area contributed by atoms with E-state index in [2.05, 4.69) is 15.3 Å². The maximum atomic E-state index is 10.8. The van der Waals surface area contributed by atoms with E-state index in [9.17, 15) is 14.9 Å². The molecule has 1 aromatic rings. The van der Waals surface area contributed by atoms with Crippen LogP contribution in [-0.4, -0.2) is 23.8 Å². The van der Waals surface area contributed by atoms with Gasteiger partial charge in [0.15, 0.2) is 0 Å². The molecule has 0 saturated heterocycles. The van der Waals surface area contributed by atoms with Gasteiger partial charge in [-0.3, -0.25) is 10.1 Å². The number of ether oxygens (including phenoxy) is 1. The standard InChI is InChI=1S/C8H9N3O4S/c1-2-15-8(12)10-9-5-6-3-4-7(16-6)11(13)14/h3-5H,2H2,1H3,(H,10,12)/b9-5+. The molecule has 0 unspecified atom stereocenters. The molecule has 16 heavy (non-hydrogen) atoms. The summed E-state index contributed by atoms with van der Waals surface area (Å²) in [4.78, 5) is 21.2. The second-order valence-corrected chi connectivity index (χ2v) is 3.62. The number of carbonyl (C=O) groups excluding carboxylic acids is 1. The number of thiophene rings is 1. The van der Waals surface area contributed by atoms with Crippen LogP contribution < -0.4 is 5.43 Å². The van der Waals surface area contributed by atoms with Crippen LogP contribution >= 0.6 is 11.3 Å². The number of rotatable bonds is 4. The monoisotopic (exact) mass is 243 g/mol. The number of hydrogen-bond acceptors (Lipinski definition) is 6. The fourth-order valence-corrected chi connectivity index (χ4v) is 1.52. The van der Waals surface area contributed by atoms with Gasteiger partial charge in [0.25, 0.3) is 0 Å². The van der Waals surface area contributed by atoms with Crippen LogP contribution in [0.2, 0.25) is 0 Å². The zero-order chi connectivity index (χ0) is 12.0. The highest BCUT2D eigenvalue weighted by Crippen LogP contribution is 2.22. The summed E-state index contributed by atoms with van der Waals surface area (Å²) in [6, 6.07) is 2.91. The quantitative estimate of drug-likeness (QED) is 0.495. The molecule has 86 valence electrons. The van der Waals surface area contributed by atoms with Crippen LogP contribution in [0.5, 0.6) is 0 Å². The van der Waals surface area contributed by atoms with Crippen molar-refractivity contribution in [2.24, 2.45) is 5.10 Å². The van der Waals surface area contributed by atoms with E-state index in [4.69, 9.17) is 0 Å². The van der Waals surface area contributed by atoms with E-state index in [-0.39, 0.29) is 11.6 Å². The van der Waals surface area contributed by atoms with Crippen LogP contribution in [0.4, 0.5) is 9.80 Å². The Morgan fingerprint density at radius 2 is 2.50 bits per heavy atom. The van der Waals surface area contributed by atoms with E-state index in [0.717, 1.165) is 11.3 Å². The van der Waals surface area contributed by atoms with Crippen molar-refractivity contribution in [3.8, 4) is 0 Å². The minimum absolute atomic E-state index is 0.0255. The molecule has 0 fully saturated rings. The molecule has 0 spiro atoms. The Kier molecular flexibility index (Phi) is 4.40. The summed E-state index contributed by atoms with van der Waals surface area (Å²) < 4.78 is 4.55. The first-order chi connectivity index (χ1) is 7.63. The van der Waals surface area contributed by atoms with Gasteiger partial charge in [0.2, 0.25) is 0 Å². The summed E-state index contributed by atoms with van der Waals surface area (Å²) in [7, 11) is 0. The first-order valence-corrected chi connectivity index (χ1v) is 5.15. The van der Waals surface area contributed by atoms with Crippen molar-refractivity contribution in [1.82, 2.24) is 5.43 Å². The maximum absolute atomic E-state index is 10.8. The third-order valence-electron chi connectivity index (χ3n) is 1.42. The van der Waals surface area contributed by atoms with Gasteiger partial charge >= 0.3 is 11.1 Å². The molecular formula is C8H9N3O4S. The van der Waals surface area contributed by atoms with Gasteiger partial charge in [-0.25, -0.2) is 10.2 Å². The van der Waals surface area contributed by atoms with Crippen LogP contribution in [0, 0.1) is 10.1 Å². The second kappa shape index (κ2) is 5.81. The highest BCUT2D eigenvalue weighted by molar-refractivity contribution is 7.16. The van der Waals surface area contributed by atoms with E-state index in [1.807, 2.05) is 0 Å². The average molecular weight is 243 g/mol. The molecule has 0 aliphatic heterocycles. The van der Waals surface area contributed by atoms with Crippen molar-refractivity contribution in [3.63, 3.8) is 0 Å². The molecular weight excluding hydrogens is 234 g/mol. The van der Waals surface area contributed by atoms with Crippen LogP contribution in [0.15, 0.2) is 17.2 Å². The van der Waals surface area contributed by atoms with Gasteiger partial charge < -0.3 is 4.74 Å². The van der Waals surface area contributed by atoms with Crippen LogP contribution in [0.25, 0.3) is 0 Å². The van der Waals surface area contributed by atoms with Gasteiger partial charge in [-0.05, 0) is 13.0 Å². The number of nitrogens with zero attached hydrogens (tertiary/aromatic N) is 2. The summed E-state index contributed by atoms with van der Waals surface area (Å²) in [6.45, 7) is 1.93.